The third kappa shape index (κ3) is 3.38. The molecule has 0 aliphatic carbocycles. The highest BCUT2D eigenvalue weighted by molar-refractivity contribution is 7.87. The molecule has 1 aliphatic heterocycles. The molecule has 1 aromatic rings. The van der Waals surface area contributed by atoms with Crippen LogP contribution in [0.1, 0.15) is 37.1 Å². The fourth-order valence-corrected chi connectivity index (χ4v) is 4.74. The van der Waals surface area contributed by atoms with Gasteiger partial charge in [0.2, 0.25) is 0 Å². The van der Waals surface area contributed by atoms with Gasteiger partial charge in [-0.15, -0.1) is 11.3 Å². The van der Waals surface area contributed by atoms with Crippen molar-refractivity contribution in [2.24, 2.45) is 0 Å². The fourth-order valence-electron chi connectivity index (χ4n) is 2.33. The van der Waals surface area contributed by atoms with Gasteiger partial charge in [-0.1, -0.05) is 6.07 Å². The summed E-state index contributed by atoms with van der Waals surface area (Å²) in [7, 11) is -3.79. The summed E-state index contributed by atoms with van der Waals surface area (Å²) < 4.78 is 28.4. The zero-order valence-electron chi connectivity index (χ0n) is 11.2. The summed E-state index contributed by atoms with van der Waals surface area (Å²) in [6.45, 7) is 2.01. The van der Waals surface area contributed by atoms with E-state index >= 15 is 0 Å². The predicted octanol–water partition coefficient (Wildman–Crippen LogP) is 1.58. The van der Waals surface area contributed by atoms with Crippen LogP contribution in [-0.4, -0.2) is 36.4 Å². The van der Waals surface area contributed by atoms with Gasteiger partial charge in [-0.25, -0.2) is 0 Å². The maximum absolute atomic E-state index is 12.4. The standard InChI is InChI=1S/C12H18N2O4S2/c1-9(11-6-4-8-19-11)13-20(17,18)14-7-3-2-5-10(14)12(15)16/h4,6,8-10,13H,2-3,5,7H2,1H3,(H,15,16)/t9-,10?/m0/s1. The van der Waals surface area contributed by atoms with E-state index in [-0.39, 0.29) is 12.6 Å². The van der Waals surface area contributed by atoms with Crippen LogP contribution in [-0.2, 0) is 15.0 Å². The Labute approximate surface area is 122 Å². The van der Waals surface area contributed by atoms with E-state index in [1.54, 1.807) is 6.92 Å². The van der Waals surface area contributed by atoms with Crippen LogP contribution in [0.5, 0.6) is 0 Å². The largest absolute Gasteiger partial charge is 0.480 e. The minimum Gasteiger partial charge on any atom is -0.480 e. The third-order valence-corrected chi connectivity index (χ3v) is 6.10. The van der Waals surface area contributed by atoms with Crippen molar-refractivity contribution in [3.05, 3.63) is 22.4 Å². The van der Waals surface area contributed by atoms with Crippen LogP contribution in [0.3, 0.4) is 0 Å². The van der Waals surface area contributed by atoms with Crippen molar-refractivity contribution in [1.29, 1.82) is 0 Å². The molecule has 112 valence electrons. The second-order valence-electron chi connectivity index (χ2n) is 4.82. The first-order chi connectivity index (χ1) is 9.42. The lowest BCUT2D eigenvalue weighted by atomic mass is 10.1. The molecule has 1 saturated heterocycles. The molecule has 0 radical (unpaired) electrons. The van der Waals surface area contributed by atoms with Gasteiger partial charge in [0, 0.05) is 11.4 Å². The summed E-state index contributed by atoms with van der Waals surface area (Å²) in [4.78, 5) is 12.1. The number of carboxylic acids is 1. The molecule has 0 amide bonds. The minimum absolute atomic E-state index is 0.253. The number of carboxylic acid groups (broad SMARTS) is 1. The summed E-state index contributed by atoms with van der Waals surface area (Å²) in [5.74, 6) is -1.08. The molecule has 1 aliphatic rings. The van der Waals surface area contributed by atoms with Crippen LogP contribution in [0.15, 0.2) is 17.5 Å². The van der Waals surface area contributed by atoms with Crippen LogP contribution in [0, 0.1) is 0 Å². The highest BCUT2D eigenvalue weighted by atomic mass is 32.2. The monoisotopic (exact) mass is 318 g/mol. The van der Waals surface area contributed by atoms with Crippen molar-refractivity contribution < 1.29 is 18.3 Å². The quantitative estimate of drug-likeness (QED) is 0.863. The van der Waals surface area contributed by atoms with E-state index in [4.69, 9.17) is 5.11 Å². The van der Waals surface area contributed by atoms with Gasteiger partial charge in [0.15, 0.2) is 0 Å². The Kier molecular flexibility index (Phi) is 4.79. The molecule has 20 heavy (non-hydrogen) atoms. The van der Waals surface area contributed by atoms with Gasteiger partial charge >= 0.3 is 5.97 Å². The summed E-state index contributed by atoms with van der Waals surface area (Å²) in [6, 6.07) is 2.38. The van der Waals surface area contributed by atoms with Crippen LogP contribution in [0.4, 0.5) is 0 Å². The van der Waals surface area contributed by atoms with Gasteiger partial charge in [0.1, 0.15) is 6.04 Å². The number of nitrogens with zero attached hydrogens (tertiary/aromatic N) is 1. The van der Waals surface area contributed by atoms with Gasteiger partial charge in [-0.3, -0.25) is 4.79 Å². The second-order valence-corrected chi connectivity index (χ2v) is 7.45. The third-order valence-electron chi connectivity index (χ3n) is 3.34. The average molecular weight is 318 g/mol. The minimum atomic E-state index is -3.79. The maximum atomic E-state index is 12.4. The van der Waals surface area contributed by atoms with Crippen LogP contribution in [0.25, 0.3) is 0 Å². The number of carbonyl (C=O) groups is 1. The van der Waals surface area contributed by atoms with Crippen molar-refractivity contribution in [3.63, 3.8) is 0 Å². The van der Waals surface area contributed by atoms with E-state index in [0.29, 0.717) is 12.8 Å². The molecule has 0 bridgehead atoms. The molecular formula is C12H18N2O4S2. The van der Waals surface area contributed by atoms with Crippen molar-refractivity contribution in [2.75, 3.05) is 6.54 Å². The summed E-state index contributed by atoms with van der Waals surface area (Å²) in [5, 5.41) is 11.0. The lowest BCUT2D eigenvalue weighted by molar-refractivity contribution is -0.142. The van der Waals surface area contributed by atoms with Gasteiger partial charge < -0.3 is 5.11 Å². The highest BCUT2D eigenvalue weighted by Gasteiger charge is 2.37. The first-order valence-corrected chi connectivity index (χ1v) is 8.79. The molecular weight excluding hydrogens is 300 g/mol. The van der Waals surface area contributed by atoms with Crippen molar-refractivity contribution in [2.45, 2.75) is 38.3 Å². The number of rotatable bonds is 5. The van der Waals surface area contributed by atoms with Crippen molar-refractivity contribution >= 4 is 27.5 Å². The van der Waals surface area contributed by atoms with E-state index in [0.717, 1.165) is 15.6 Å². The Balaban J connectivity index is 2.14. The molecule has 1 fully saturated rings. The zero-order chi connectivity index (χ0) is 14.8. The molecule has 2 atom stereocenters. The molecule has 1 unspecified atom stereocenters. The zero-order valence-corrected chi connectivity index (χ0v) is 12.8. The molecule has 6 nitrogen and oxygen atoms in total. The van der Waals surface area contributed by atoms with Crippen LogP contribution >= 0.6 is 11.3 Å². The molecule has 1 aromatic heterocycles. The van der Waals surface area contributed by atoms with Crippen molar-refractivity contribution in [1.82, 2.24) is 9.03 Å². The molecule has 0 spiro atoms. The molecule has 2 heterocycles. The Hall–Kier alpha value is -0.960. The number of hydrogen-bond acceptors (Lipinski definition) is 4. The van der Waals surface area contributed by atoms with Crippen molar-refractivity contribution in [3.8, 4) is 0 Å². The molecule has 8 heteroatoms. The smallest absolute Gasteiger partial charge is 0.322 e. The molecule has 2 rings (SSSR count). The van der Waals surface area contributed by atoms with E-state index < -0.39 is 22.2 Å². The fraction of sp³-hybridized carbons (Fsp3) is 0.583. The summed E-state index contributed by atoms with van der Waals surface area (Å²) >= 11 is 1.46. The van der Waals surface area contributed by atoms with E-state index in [2.05, 4.69) is 4.72 Å². The number of piperidine rings is 1. The van der Waals surface area contributed by atoms with E-state index in [9.17, 15) is 13.2 Å². The first-order valence-electron chi connectivity index (χ1n) is 6.47. The lowest BCUT2D eigenvalue weighted by Crippen LogP contribution is -2.52. The molecule has 2 N–H and O–H groups in total. The normalized spacial score (nSPS) is 22.6. The number of aliphatic carboxylic acids is 1. The van der Waals surface area contributed by atoms with Crippen LogP contribution in [0.2, 0.25) is 0 Å². The second kappa shape index (κ2) is 6.21. The van der Waals surface area contributed by atoms with E-state index in [1.165, 1.54) is 11.3 Å². The number of hydrogen-bond donors (Lipinski definition) is 2. The summed E-state index contributed by atoms with van der Waals surface area (Å²) in [6.07, 6.45) is 1.80. The van der Waals surface area contributed by atoms with Gasteiger partial charge in [-0.05, 0) is 37.6 Å². The lowest BCUT2D eigenvalue weighted by Gasteiger charge is -2.32. The Bertz CT molecular complexity index is 556. The highest BCUT2D eigenvalue weighted by Crippen LogP contribution is 2.23. The van der Waals surface area contributed by atoms with Gasteiger partial charge in [-0.2, -0.15) is 17.4 Å². The number of thiophene rings is 1. The molecule has 0 saturated carbocycles. The Morgan fingerprint density at radius 2 is 2.30 bits per heavy atom. The Morgan fingerprint density at radius 3 is 2.90 bits per heavy atom. The average Bonchev–Trinajstić information content (AvgIpc) is 2.92. The maximum Gasteiger partial charge on any atom is 0.322 e. The SMILES string of the molecule is C[C@H](NS(=O)(=O)N1CCCCC1C(=O)O)c1cccs1. The van der Waals surface area contributed by atoms with Gasteiger partial charge in [0.25, 0.3) is 10.2 Å². The van der Waals surface area contributed by atoms with E-state index in [1.807, 2.05) is 17.5 Å². The van der Waals surface area contributed by atoms with Crippen LogP contribution < -0.4 is 4.72 Å². The van der Waals surface area contributed by atoms with Gasteiger partial charge in [0.05, 0.1) is 6.04 Å². The topological polar surface area (TPSA) is 86.7 Å². The number of nitrogens with one attached hydrogen (secondary N) is 1. The Morgan fingerprint density at radius 1 is 1.55 bits per heavy atom. The summed E-state index contributed by atoms with van der Waals surface area (Å²) in [5.41, 5.74) is 0. The first kappa shape index (κ1) is 15.4. The predicted molar refractivity (Wildman–Crippen MR) is 76.8 cm³/mol. The molecule has 0 aromatic carbocycles.